The lowest BCUT2D eigenvalue weighted by Gasteiger charge is -2.19. The Balaban J connectivity index is 2.01. The van der Waals surface area contributed by atoms with Crippen LogP contribution in [0.3, 0.4) is 0 Å². The van der Waals surface area contributed by atoms with Gasteiger partial charge in [-0.25, -0.2) is 0 Å². The molecule has 5 heteroatoms. The van der Waals surface area contributed by atoms with Crippen molar-refractivity contribution >= 4 is 23.8 Å². The van der Waals surface area contributed by atoms with Crippen molar-refractivity contribution in [3.05, 3.63) is 28.8 Å². The van der Waals surface area contributed by atoms with Crippen LogP contribution in [0.5, 0.6) is 5.75 Å². The molecule has 1 aromatic rings. The molecule has 1 aliphatic carbocycles. The summed E-state index contributed by atoms with van der Waals surface area (Å²) in [6.45, 7) is 1.65. The van der Waals surface area contributed by atoms with Crippen molar-refractivity contribution in [1.82, 2.24) is 5.32 Å². The molecule has 0 radical (unpaired) electrons. The predicted octanol–water partition coefficient (Wildman–Crippen LogP) is 2.98. The van der Waals surface area contributed by atoms with Crippen LogP contribution in [0.15, 0.2) is 18.2 Å². The van der Waals surface area contributed by atoms with Crippen molar-refractivity contribution in [1.29, 1.82) is 0 Å². The molecule has 1 aromatic carbocycles. The van der Waals surface area contributed by atoms with Gasteiger partial charge in [0, 0.05) is 6.04 Å². The van der Waals surface area contributed by atoms with Gasteiger partial charge in [-0.15, -0.1) is 0 Å². The Morgan fingerprint density at radius 2 is 2.15 bits per heavy atom. The third kappa shape index (κ3) is 3.51. The third-order valence-corrected chi connectivity index (χ3v) is 3.79. The van der Waals surface area contributed by atoms with E-state index in [1.807, 2.05) is 0 Å². The summed E-state index contributed by atoms with van der Waals surface area (Å²) in [4.78, 5) is 23.0. The molecule has 1 saturated carbocycles. The van der Waals surface area contributed by atoms with Gasteiger partial charge in [-0.3, -0.25) is 9.59 Å². The Hall–Kier alpha value is -1.55. The van der Waals surface area contributed by atoms with E-state index < -0.39 is 6.10 Å². The van der Waals surface area contributed by atoms with Gasteiger partial charge in [0.05, 0.1) is 10.6 Å². The second-order valence-corrected chi connectivity index (χ2v) is 5.43. The van der Waals surface area contributed by atoms with Gasteiger partial charge in [0.15, 0.2) is 12.4 Å². The van der Waals surface area contributed by atoms with E-state index in [1.54, 1.807) is 25.1 Å². The topological polar surface area (TPSA) is 55.4 Å². The van der Waals surface area contributed by atoms with Crippen molar-refractivity contribution in [3.63, 3.8) is 0 Å². The minimum atomic E-state index is -0.686. The van der Waals surface area contributed by atoms with Crippen molar-refractivity contribution in [2.24, 2.45) is 0 Å². The van der Waals surface area contributed by atoms with Gasteiger partial charge in [0.25, 0.3) is 5.91 Å². The molecule has 0 heterocycles. The summed E-state index contributed by atoms with van der Waals surface area (Å²) in [6.07, 6.45) is 4.33. The van der Waals surface area contributed by atoms with Gasteiger partial charge >= 0.3 is 0 Å². The average Bonchev–Trinajstić information content (AvgIpc) is 2.93. The fraction of sp³-hybridized carbons (Fsp3) is 0.467. The highest BCUT2D eigenvalue weighted by atomic mass is 35.5. The summed E-state index contributed by atoms with van der Waals surface area (Å²) in [7, 11) is 0. The zero-order valence-electron chi connectivity index (χ0n) is 11.4. The molecule has 0 aliphatic heterocycles. The molecule has 1 atom stereocenters. The summed E-state index contributed by atoms with van der Waals surface area (Å²) >= 11 is 6.01. The van der Waals surface area contributed by atoms with E-state index in [1.165, 1.54) is 0 Å². The lowest BCUT2D eigenvalue weighted by Crippen LogP contribution is -2.41. The van der Waals surface area contributed by atoms with Crippen molar-refractivity contribution in [2.45, 2.75) is 44.8 Å². The molecule has 1 amide bonds. The van der Waals surface area contributed by atoms with Crippen LogP contribution in [-0.2, 0) is 4.79 Å². The molecular formula is C15H18ClNO3. The maximum Gasteiger partial charge on any atom is 0.260 e. The van der Waals surface area contributed by atoms with Crippen LogP contribution in [0.2, 0.25) is 5.02 Å². The smallest absolute Gasteiger partial charge is 0.260 e. The van der Waals surface area contributed by atoms with E-state index in [2.05, 4.69) is 5.32 Å². The molecule has 0 spiro atoms. The molecule has 0 aromatic heterocycles. The number of hydrogen-bond acceptors (Lipinski definition) is 3. The number of nitrogens with one attached hydrogen (secondary N) is 1. The number of halogens is 1. The van der Waals surface area contributed by atoms with Gasteiger partial charge in [-0.05, 0) is 31.9 Å². The van der Waals surface area contributed by atoms with Crippen LogP contribution < -0.4 is 10.1 Å². The Kier molecular flexibility index (Phi) is 5.01. The highest BCUT2D eigenvalue weighted by molar-refractivity contribution is 6.32. The first-order valence-corrected chi connectivity index (χ1v) is 7.20. The molecular weight excluding hydrogens is 278 g/mol. The summed E-state index contributed by atoms with van der Waals surface area (Å²) in [5.74, 6) is 0.0897. The molecule has 1 N–H and O–H groups in total. The number of para-hydroxylation sites is 1. The highest BCUT2D eigenvalue weighted by Crippen LogP contribution is 2.28. The quantitative estimate of drug-likeness (QED) is 0.850. The van der Waals surface area contributed by atoms with Crippen LogP contribution in [0, 0.1) is 0 Å². The Morgan fingerprint density at radius 3 is 2.80 bits per heavy atom. The fourth-order valence-electron chi connectivity index (χ4n) is 2.36. The maximum absolute atomic E-state index is 12.0. The lowest BCUT2D eigenvalue weighted by molar-refractivity contribution is -0.127. The SMILES string of the molecule is CC(Oc1c(Cl)cccc1C=O)C(=O)NC1CCCC1. The molecule has 2 rings (SSSR count). The monoisotopic (exact) mass is 295 g/mol. The highest BCUT2D eigenvalue weighted by Gasteiger charge is 2.23. The van der Waals surface area contributed by atoms with Crippen LogP contribution in [-0.4, -0.2) is 24.3 Å². The molecule has 108 valence electrons. The summed E-state index contributed by atoms with van der Waals surface area (Å²) in [6, 6.07) is 5.15. The van der Waals surface area contributed by atoms with Gasteiger partial charge in [-0.1, -0.05) is 30.5 Å². The van der Waals surface area contributed by atoms with E-state index in [-0.39, 0.29) is 17.7 Å². The van der Waals surface area contributed by atoms with E-state index in [4.69, 9.17) is 16.3 Å². The molecule has 0 bridgehead atoms. The Morgan fingerprint density at radius 1 is 1.45 bits per heavy atom. The molecule has 4 nitrogen and oxygen atoms in total. The largest absolute Gasteiger partial charge is 0.479 e. The first kappa shape index (κ1) is 14.9. The number of benzene rings is 1. The van der Waals surface area contributed by atoms with E-state index in [0.29, 0.717) is 16.9 Å². The standard InChI is InChI=1S/C15H18ClNO3/c1-10(15(19)17-12-6-2-3-7-12)20-14-11(9-18)5-4-8-13(14)16/h4-5,8-10,12H,2-3,6-7H2,1H3,(H,17,19). The second kappa shape index (κ2) is 6.75. The molecule has 1 aliphatic rings. The summed E-state index contributed by atoms with van der Waals surface area (Å²) in [5.41, 5.74) is 0.345. The minimum Gasteiger partial charge on any atom is -0.479 e. The van der Waals surface area contributed by atoms with E-state index >= 15 is 0 Å². The van der Waals surface area contributed by atoms with Gasteiger partial charge in [0.1, 0.15) is 5.75 Å². The summed E-state index contributed by atoms with van der Waals surface area (Å²) in [5, 5.41) is 3.29. The molecule has 20 heavy (non-hydrogen) atoms. The van der Waals surface area contributed by atoms with Crippen molar-refractivity contribution in [2.75, 3.05) is 0 Å². The predicted molar refractivity (Wildman–Crippen MR) is 77.3 cm³/mol. The van der Waals surface area contributed by atoms with Crippen LogP contribution in [0.25, 0.3) is 0 Å². The maximum atomic E-state index is 12.0. The zero-order chi connectivity index (χ0) is 14.5. The number of aldehydes is 1. The fourth-order valence-corrected chi connectivity index (χ4v) is 2.59. The van der Waals surface area contributed by atoms with Crippen molar-refractivity contribution < 1.29 is 14.3 Å². The first-order chi connectivity index (χ1) is 9.61. The number of rotatable bonds is 5. The Labute approximate surface area is 123 Å². The lowest BCUT2D eigenvalue weighted by atomic mass is 10.2. The van der Waals surface area contributed by atoms with Crippen LogP contribution >= 0.6 is 11.6 Å². The average molecular weight is 296 g/mol. The van der Waals surface area contributed by atoms with Gasteiger partial charge < -0.3 is 10.1 Å². The van der Waals surface area contributed by atoms with Gasteiger partial charge in [-0.2, -0.15) is 0 Å². The number of ether oxygens (including phenoxy) is 1. The normalized spacial score (nSPS) is 16.7. The molecule has 1 unspecified atom stereocenters. The number of amides is 1. The first-order valence-electron chi connectivity index (χ1n) is 6.82. The Bertz CT molecular complexity index is 498. The minimum absolute atomic E-state index is 0.173. The van der Waals surface area contributed by atoms with Crippen molar-refractivity contribution in [3.8, 4) is 5.75 Å². The third-order valence-electron chi connectivity index (χ3n) is 3.49. The van der Waals surface area contributed by atoms with E-state index in [0.717, 1.165) is 25.7 Å². The summed E-state index contributed by atoms with van der Waals surface area (Å²) < 4.78 is 5.56. The number of carbonyl (C=O) groups is 2. The molecule has 0 saturated heterocycles. The second-order valence-electron chi connectivity index (χ2n) is 5.03. The number of hydrogen-bond donors (Lipinski definition) is 1. The van der Waals surface area contributed by atoms with Gasteiger partial charge in [0.2, 0.25) is 0 Å². The van der Waals surface area contributed by atoms with Crippen LogP contribution in [0.1, 0.15) is 43.0 Å². The van der Waals surface area contributed by atoms with Crippen LogP contribution in [0.4, 0.5) is 0 Å². The van der Waals surface area contributed by atoms with E-state index in [9.17, 15) is 9.59 Å². The zero-order valence-corrected chi connectivity index (χ0v) is 12.2. The number of carbonyl (C=O) groups excluding carboxylic acids is 2. The molecule has 1 fully saturated rings.